The highest BCUT2D eigenvalue weighted by molar-refractivity contribution is 5.90. The molecule has 118 valence electrons. The van der Waals surface area contributed by atoms with E-state index in [-0.39, 0.29) is 0 Å². The second kappa shape index (κ2) is 13.9. The first kappa shape index (κ1) is 20.8. The quantitative estimate of drug-likeness (QED) is 0.580. The van der Waals surface area contributed by atoms with E-state index in [9.17, 15) is 19.2 Å². The van der Waals surface area contributed by atoms with Crippen molar-refractivity contribution in [1.29, 1.82) is 0 Å². The van der Waals surface area contributed by atoms with Crippen molar-refractivity contribution in [1.82, 2.24) is 4.98 Å². The molecule has 0 aliphatic heterocycles. The summed E-state index contributed by atoms with van der Waals surface area (Å²) in [5.41, 5.74) is 0. The molecule has 22 heavy (non-hydrogen) atoms. The van der Waals surface area contributed by atoms with E-state index in [0.29, 0.717) is 24.3 Å². The van der Waals surface area contributed by atoms with E-state index in [0.717, 1.165) is 0 Å². The van der Waals surface area contributed by atoms with Gasteiger partial charge in [-0.05, 0) is 12.1 Å². The molecule has 0 saturated heterocycles. The predicted octanol–water partition coefficient (Wildman–Crippen LogP) is 0.505. The molecule has 1 aromatic heterocycles. The summed E-state index contributed by atoms with van der Waals surface area (Å²) in [5.74, 6) is -5.03. The number of carboxylic acids is 4. The lowest BCUT2D eigenvalue weighted by Crippen LogP contribution is -1.91. The Morgan fingerprint density at radius 2 is 0.864 bits per heavy atom. The molecular weight excluding hydrogens is 298 g/mol. The summed E-state index contributed by atoms with van der Waals surface area (Å²) in [6, 6.07) is 5.72. The number of aliphatic carboxylic acids is 4. The highest BCUT2D eigenvalue weighted by Crippen LogP contribution is 1.74. The van der Waals surface area contributed by atoms with Gasteiger partial charge in [0.2, 0.25) is 0 Å². The van der Waals surface area contributed by atoms with Gasteiger partial charge in [-0.3, -0.25) is 4.98 Å². The third-order valence-corrected chi connectivity index (χ3v) is 1.30. The van der Waals surface area contributed by atoms with Gasteiger partial charge in [0.25, 0.3) is 0 Å². The molecule has 0 aromatic carbocycles. The molecule has 9 nitrogen and oxygen atoms in total. The summed E-state index contributed by atoms with van der Waals surface area (Å²) in [7, 11) is 0. The first-order valence-corrected chi connectivity index (χ1v) is 5.38. The molecule has 1 rings (SSSR count). The van der Waals surface area contributed by atoms with Crippen LogP contribution in [-0.2, 0) is 19.2 Å². The summed E-state index contributed by atoms with van der Waals surface area (Å²) in [5, 5.41) is 31.2. The third-order valence-electron chi connectivity index (χ3n) is 1.30. The Morgan fingerprint density at radius 1 is 0.591 bits per heavy atom. The summed E-state index contributed by atoms with van der Waals surface area (Å²) >= 11 is 0. The monoisotopic (exact) mass is 311 g/mol. The predicted molar refractivity (Wildman–Crippen MR) is 73.1 cm³/mol. The molecule has 0 aliphatic carbocycles. The zero-order chi connectivity index (χ0) is 17.4. The van der Waals surface area contributed by atoms with Gasteiger partial charge in [0.1, 0.15) is 0 Å². The average Bonchev–Trinajstić information content (AvgIpc) is 2.46. The van der Waals surface area contributed by atoms with Crippen molar-refractivity contribution in [3.63, 3.8) is 0 Å². The SMILES string of the molecule is O=C(O)C=CC(=O)O.O=C(O)C=CC(=O)O.c1ccncc1. The fourth-order valence-electron chi connectivity index (χ4n) is 0.598. The van der Waals surface area contributed by atoms with Crippen LogP contribution in [0.4, 0.5) is 0 Å². The van der Waals surface area contributed by atoms with Crippen LogP contribution in [0.1, 0.15) is 0 Å². The molecule has 9 heteroatoms. The van der Waals surface area contributed by atoms with Crippen molar-refractivity contribution in [2.24, 2.45) is 0 Å². The van der Waals surface area contributed by atoms with Crippen molar-refractivity contribution < 1.29 is 39.6 Å². The number of aromatic nitrogens is 1. The number of hydrogen-bond acceptors (Lipinski definition) is 5. The van der Waals surface area contributed by atoms with Crippen LogP contribution in [0.3, 0.4) is 0 Å². The highest BCUT2D eigenvalue weighted by atomic mass is 16.4. The van der Waals surface area contributed by atoms with Crippen LogP contribution >= 0.6 is 0 Å². The van der Waals surface area contributed by atoms with Crippen LogP contribution in [0.2, 0.25) is 0 Å². The largest absolute Gasteiger partial charge is 0.478 e. The number of rotatable bonds is 4. The molecule has 0 amide bonds. The summed E-state index contributed by atoms with van der Waals surface area (Å²) in [4.78, 5) is 42.0. The maximum Gasteiger partial charge on any atom is 0.328 e. The molecule has 0 spiro atoms. The van der Waals surface area contributed by atoms with Crippen LogP contribution in [0, 0.1) is 0 Å². The number of carbonyl (C=O) groups is 4. The van der Waals surface area contributed by atoms with Gasteiger partial charge in [-0.2, -0.15) is 0 Å². The van der Waals surface area contributed by atoms with Crippen molar-refractivity contribution in [3.8, 4) is 0 Å². The smallest absolute Gasteiger partial charge is 0.328 e. The van der Waals surface area contributed by atoms with E-state index in [2.05, 4.69) is 4.98 Å². The molecule has 0 atom stereocenters. The van der Waals surface area contributed by atoms with Crippen molar-refractivity contribution >= 4 is 23.9 Å². The molecule has 1 aromatic rings. The fraction of sp³-hybridized carbons (Fsp3) is 0. The van der Waals surface area contributed by atoms with Gasteiger partial charge < -0.3 is 20.4 Å². The second-order valence-electron chi connectivity index (χ2n) is 3.04. The molecule has 0 radical (unpaired) electrons. The summed E-state index contributed by atoms with van der Waals surface area (Å²) in [6.07, 6.45) is 5.73. The van der Waals surface area contributed by atoms with Gasteiger partial charge in [-0.15, -0.1) is 0 Å². The van der Waals surface area contributed by atoms with Crippen LogP contribution in [0.25, 0.3) is 0 Å². The van der Waals surface area contributed by atoms with Crippen molar-refractivity contribution in [2.75, 3.05) is 0 Å². The number of pyridine rings is 1. The van der Waals surface area contributed by atoms with Crippen LogP contribution in [-0.4, -0.2) is 49.3 Å². The third kappa shape index (κ3) is 25.4. The molecule has 0 aliphatic rings. The van der Waals surface area contributed by atoms with Gasteiger partial charge in [-0.25, -0.2) is 19.2 Å². The Labute approximate surface area is 124 Å². The van der Waals surface area contributed by atoms with E-state index in [1.165, 1.54) is 0 Å². The topological polar surface area (TPSA) is 162 Å². The molecule has 0 bridgehead atoms. The van der Waals surface area contributed by atoms with E-state index in [4.69, 9.17) is 20.4 Å². The van der Waals surface area contributed by atoms with Crippen LogP contribution in [0.5, 0.6) is 0 Å². The van der Waals surface area contributed by atoms with Gasteiger partial charge in [-0.1, -0.05) is 6.07 Å². The summed E-state index contributed by atoms with van der Waals surface area (Å²) in [6.45, 7) is 0. The lowest BCUT2D eigenvalue weighted by Gasteiger charge is -1.74. The van der Waals surface area contributed by atoms with Crippen molar-refractivity contribution in [3.05, 3.63) is 54.9 Å². The van der Waals surface area contributed by atoms with E-state index in [1.807, 2.05) is 18.2 Å². The fourth-order valence-corrected chi connectivity index (χ4v) is 0.598. The molecule has 1 heterocycles. The van der Waals surface area contributed by atoms with E-state index in [1.54, 1.807) is 12.4 Å². The summed E-state index contributed by atoms with van der Waals surface area (Å²) < 4.78 is 0. The lowest BCUT2D eigenvalue weighted by atomic mass is 10.5. The second-order valence-corrected chi connectivity index (χ2v) is 3.04. The number of nitrogens with zero attached hydrogens (tertiary/aromatic N) is 1. The molecule has 0 unspecified atom stereocenters. The minimum Gasteiger partial charge on any atom is -0.478 e. The molecule has 4 N–H and O–H groups in total. The lowest BCUT2D eigenvalue weighted by molar-refractivity contribution is -0.134. The van der Waals surface area contributed by atoms with Crippen LogP contribution in [0.15, 0.2) is 54.9 Å². The standard InChI is InChI=1S/C5H5N.2C4H4O4/c1-2-4-6-5-3-1;2*5-3(6)1-2-4(7)8/h1-5H;2*1-2H,(H,5,6)(H,7,8). The van der Waals surface area contributed by atoms with Gasteiger partial charge in [0, 0.05) is 36.7 Å². The Morgan fingerprint density at radius 3 is 0.955 bits per heavy atom. The minimum absolute atomic E-state index is 0.558. The van der Waals surface area contributed by atoms with Crippen LogP contribution < -0.4 is 0 Å². The maximum absolute atomic E-state index is 9.55. The van der Waals surface area contributed by atoms with Crippen molar-refractivity contribution in [2.45, 2.75) is 0 Å². The number of hydrogen-bond donors (Lipinski definition) is 4. The Bertz CT molecular complexity index is 444. The van der Waals surface area contributed by atoms with Gasteiger partial charge in [0.05, 0.1) is 0 Å². The minimum atomic E-state index is -1.26. The molecular formula is C13H13NO8. The normalized spacial score (nSPS) is 9.09. The first-order chi connectivity index (χ1) is 10.3. The van der Waals surface area contributed by atoms with Gasteiger partial charge in [0.15, 0.2) is 0 Å². The Hall–Kier alpha value is -3.49. The molecule has 0 saturated carbocycles. The molecule has 0 fully saturated rings. The highest BCUT2D eigenvalue weighted by Gasteiger charge is 1.88. The number of carboxylic acid groups (broad SMARTS) is 4. The maximum atomic E-state index is 9.55. The van der Waals surface area contributed by atoms with E-state index < -0.39 is 23.9 Å². The van der Waals surface area contributed by atoms with Gasteiger partial charge >= 0.3 is 23.9 Å². The zero-order valence-electron chi connectivity index (χ0n) is 11.1. The average molecular weight is 311 g/mol. The Balaban J connectivity index is 0. The zero-order valence-corrected chi connectivity index (χ0v) is 11.1. The Kier molecular flexibility index (Phi) is 13.2. The first-order valence-electron chi connectivity index (χ1n) is 5.38. The van der Waals surface area contributed by atoms with E-state index >= 15 is 0 Å².